The standard InChI is InChI=1S/C10H19N3O2/c1-8-9(7-14)10(13(3)11-8)12(2)5-6-15-4/h14H,5-7H2,1-4H3. The van der Waals surface area contributed by atoms with Crippen molar-refractivity contribution in [2.45, 2.75) is 13.5 Å². The van der Waals surface area contributed by atoms with E-state index in [0.717, 1.165) is 23.6 Å². The molecule has 0 saturated heterocycles. The normalized spacial score (nSPS) is 10.7. The van der Waals surface area contributed by atoms with Gasteiger partial charge in [0.2, 0.25) is 0 Å². The molecule has 5 heteroatoms. The second-order valence-corrected chi connectivity index (χ2v) is 3.58. The van der Waals surface area contributed by atoms with E-state index in [0.29, 0.717) is 6.61 Å². The smallest absolute Gasteiger partial charge is 0.132 e. The molecule has 0 aliphatic heterocycles. The molecule has 1 N–H and O–H groups in total. The summed E-state index contributed by atoms with van der Waals surface area (Å²) in [5.74, 6) is 0.951. The molecular weight excluding hydrogens is 194 g/mol. The summed E-state index contributed by atoms with van der Waals surface area (Å²) in [7, 11) is 5.52. The molecule has 0 unspecified atom stereocenters. The minimum Gasteiger partial charge on any atom is -0.391 e. The van der Waals surface area contributed by atoms with Crippen LogP contribution in [0.25, 0.3) is 0 Å². The first-order valence-corrected chi connectivity index (χ1v) is 4.95. The first-order valence-electron chi connectivity index (χ1n) is 4.95. The number of methoxy groups -OCH3 is 1. The Morgan fingerprint density at radius 1 is 1.53 bits per heavy atom. The molecule has 0 spiro atoms. The van der Waals surface area contributed by atoms with Gasteiger partial charge in [0.15, 0.2) is 0 Å². The molecule has 5 nitrogen and oxygen atoms in total. The maximum atomic E-state index is 9.28. The van der Waals surface area contributed by atoms with Crippen molar-refractivity contribution in [3.05, 3.63) is 11.3 Å². The van der Waals surface area contributed by atoms with Gasteiger partial charge in [0.25, 0.3) is 0 Å². The number of hydrogen-bond donors (Lipinski definition) is 1. The quantitative estimate of drug-likeness (QED) is 0.764. The van der Waals surface area contributed by atoms with Crippen LogP contribution >= 0.6 is 0 Å². The first-order chi connectivity index (χ1) is 7.11. The Balaban J connectivity index is 2.91. The summed E-state index contributed by atoms with van der Waals surface area (Å²) < 4.78 is 6.81. The molecule has 1 aromatic heterocycles. The Labute approximate surface area is 90.3 Å². The minimum absolute atomic E-state index is 0.0202. The second-order valence-electron chi connectivity index (χ2n) is 3.58. The molecule has 0 radical (unpaired) electrons. The Hall–Kier alpha value is -1.07. The number of nitrogens with zero attached hydrogens (tertiary/aromatic N) is 3. The molecule has 0 aliphatic carbocycles. The van der Waals surface area contributed by atoms with Crippen molar-refractivity contribution in [3.63, 3.8) is 0 Å². The highest BCUT2D eigenvalue weighted by atomic mass is 16.5. The number of aliphatic hydroxyl groups is 1. The van der Waals surface area contributed by atoms with Gasteiger partial charge in [0.1, 0.15) is 5.82 Å². The molecule has 0 atom stereocenters. The highest BCUT2D eigenvalue weighted by molar-refractivity contribution is 5.49. The molecule has 86 valence electrons. The third-order valence-corrected chi connectivity index (χ3v) is 2.46. The fraction of sp³-hybridized carbons (Fsp3) is 0.700. The van der Waals surface area contributed by atoms with Gasteiger partial charge in [-0.25, -0.2) is 0 Å². The molecular formula is C10H19N3O2. The summed E-state index contributed by atoms with van der Waals surface area (Å²) in [6.07, 6.45) is 0. The molecule has 15 heavy (non-hydrogen) atoms. The second kappa shape index (κ2) is 5.14. The Bertz CT molecular complexity index is 323. The summed E-state index contributed by atoms with van der Waals surface area (Å²) in [6.45, 7) is 3.36. The lowest BCUT2D eigenvalue weighted by atomic mass is 10.2. The van der Waals surface area contributed by atoms with Crippen LogP contribution in [0.3, 0.4) is 0 Å². The van der Waals surface area contributed by atoms with Crippen molar-refractivity contribution in [2.24, 2.45) is 7.05 Å². The van der Waals surface area contributed by atoms with E-state index in [4.69, 9.17) is 4.74 Å². The molecule has 0 aromatic carbocycles. The van der Waals surface area contributed by atoms with Gasteiger partial charge in [-0.2, -0.15) is 5.10 Å². The van der Waals surface area contributed by atoms with E-state index < -0.39 is 0 Å². The number of rotatable bonds is 5. The Kier molecular flexibility index (Phi) is 4.11. The molecule has 1 heterocycles. The van der Waals surface area contributed by atoms with Crippen LogP contribution in [0.4, 0.5) is 5.82 Å². The maximum Gasteiger partial charge on any atom is 0.132 e. The summed E-state index contributed by atoms with van der Waals surface area (Å²) in [4.78, 5) is 2.04. The lowest BCUT2D eigenvalue weighted by Gasteiger charge is -2.20. The van der Waals surface area contributed by atoms with E-state index in [9.17, 15) is 5.11 Å². The van der Waals surface area contributed by atoms with E-state index in [1.165, 1.54) is 0 Å². The Morgan fingerprint density at radius 3 is 2.73 bits per heavy atom. The molecule has 0 bridgehead atoms. The zero-order chi connectivity index (χ0) is 11.4. The summed E-state index contributed by atoms with van der Waals surface area (Å²) in [6, 6.07) is 0. The van der Waals surface area contributed by atoms with Crippen molar-refractivity contribution in [1.29, 1.82) is 0 Å². The van der Waals surface area contributed by atoms with Gasteiger partial charge in [-0.15, -0.1) is 0 Å². The fourth-order valence-electron chi connectivity index (χ4n) is 1.69. The van der Waals surface area contributed by atoms with Crippen LogP contribution in [0.15, 0.2) is 0 Å². The molecule has 0 fully saturated rings. The number of hydrogen-bond acceptors (Lipinski definition) is 4. The van der Waals surface area contributed by atoms with Crippen LogP contribution in [0, 0.1) is 6.92 Å². The van der Waals surface area contributed by atoms with Crippen molar-refractivity contribution < 1.29 is 9.84 Å². The number of aliphatic hydroxyl groups excluding tert-OH is 1. The average molecular weight is 213 g/mol. The monoisotopic (exact) mass is 213 g/mol. The average Bonchev–Trinajstić information content (AvgIpc) is 2.49. The van der Waals surface area contributed by atoms with Gasteiger partial charge < -0.3 is 14.7 Å². The molecule has 1 rings (SSSR count). The molecule has 0 saturated carbocycles. The molecule has 0 amide bonds. The first kappa shape index (κ1) is 12.0. The number of anilines is 1. The third-order valence-electron chi connectivity index (χ3n) is 2.46. The number of ether oxygens (including phenoxy) is 1. The highest BCUT2D eigenvalue weighted by Crippen LogP contribution is 2.21. The van der Waals surface area contributed by atoms with Crippen molar-refractivity contribution in [3.8, 4) is 0 Å². The lowest BCUT2D eigenvalue weighted by molar-refractivity contribution is 0.206. The van der Waals surface area contributed by atoms with E-state index >= 15 is 0 Å². The molecule has 0 aliphatic rings. The van der Waals surface area contributed by atoms with Gasteiger partial charge in [-0.05, 0) is 6.92 Å². The van der Waals surface area contributed by atoms with Crippen LogP contribution in [0.2, 0.25) is 0 Å². The lowest BCUT2D eigenvalue weighted by Crippen LogP contribution is -2.25. The van der Waals surface area contributed by atoms with Gasteiger partial charge in [-0.1, -0.05) is 0 Å². The van der Waals surface area contributed by atoms with Gasteiger partial charge in [0, 0.05) is 33.3 Å². The van der Waals surface area contributed by atoms with Crippen LogP contribution in [0.1, 0.15) is 11.3 Å². The Morgan fingerprint density at radius 2 is 2.20 bits per heavy atom. The van der Waals surface area contributed by atoms with Crippen LogP contribution in [0.5, 0.6) is 0 Å². The number of likely N-dealkylation sites (N-methyl/N-ethyl adjacent to an activating group) is 1. The SMILES string of the molecule is COCCN(C)c1c(CO)c(C)nn1C. The largest absolute Gasteiger partial charge is 0.391 e. The predicted molar refractivity (Wildman–Crippen MR) is 59.0 cm³/mol. The highest BCUT2D eigenvalue weighted by Gasteiger charge is 2.15. The van der Waals surface area contributed by atoms with Crippen LogP contribution in [-0.4, -0.2) is 42.2 Å². The van der Waals surface area contributed by atoms with E-state index in [1.54, 1.807) is 11.8 Å². The van der Waals surface area contributed by atoms with Gasteiger partial charge >= 0.3 is 0 Å². The molecule has 1 aromatic rings. The van der Waals surface area contributed by atoms with Crippen LogP contribution in [-0.2, 0) is 18.4 Å². The number of aromatic nitrogens is 2. The van der Waals surface area contributed by atoms with E-state index in [1.807, 2.05) is 25.9 Å². The number of aryl methyl sites for hydroxylation is 2. The topological polar surface area (TPSA) is 50.5 Å². The minimum atomic E-state index is 0.0202. The third kappa shape index (κ3) is 2.49. The van der Waals surface area contributed by atoms with E-state index in [-0.39, 0.29) is 6.61 Å². The summed E-state index contributed by atoms with van der Waals surface area (Å²) >= 11 is 0. The van der Waals surface area contributed by atoms with Crippen molar-refractivity contribution >= 4 is 5.82 Å². The van der Waals surface area contributed by atoms with Gasteiger partial charge in [-0.3, -0.25) is 4.68 Å². The maximum absolute atomic E-state index is 9.28. The van der Waals surface area contributed by atoms with Crippen molar-refractivity contribution in [2.75, 3.05) is 32.2 Å². The fourth-order valence-corrected chi connectivity index (χ4v) is 1.69. The van der Waals surface area contributed by atoms with Gasteiger partial charge in [0.05, 0.1) is 18.9 Å². The summed E-state index contributed by atoms with van der Waals surface area (Å²) in [5, 5.41) is 13.6. The predicted octanol–water partition coefficient (Wildman–Crippen LogP) is 0.303. The zero-order valence-electron chi connectivity index (χ0n) is 9.82. The van der Waals surface area contributed by atoms with Crippen molar-refractivity contribution in [1.82, 2.24) is 9.78 Å². The summed E-state index contributed by atoms with van der Waals surface area (Å²) in [5.41, 5.74) is 1.76. The zero-order valence-corrected chi connectivity index (χ0v) is 9.82. The van der Waals surface area contributed by atoms with E-state index in [2.05, 4.69) is 5.10 Å². The van der Waals surface area contributed by atoms with Crippen LogP contribution < -0.4 is 4.90 Å².